The van der Waals surface area contributed by atoms with Crippen LogP contribution in [-0.4, -0.2) is 40.9 Å². The first-order chi connectivity index (χ1) is 6.65. The number of nitrogens with zero attached hydrogens (tertiary/aromatic N) is 1. The lowest BCUT2D eigenvalue weighted by atomic mass is 10.1. The molecule has 4 nitrogen and oxygen atoms in total. The highest BCUT2D eigenvalue weighted by Crippen LogP contribution is 2.22. The second-order valence-corrected chi connectivity index (χ2v) is 3.75. The number of amides is 1. The third-order valence-corrected chi connectivity index (χ3v) is 2.77. The zero-order chi connectivity index (χ0) is 10.6. The van der Waals surface area contributed by atoms with Gasteiger partial charge in [-0.2, -0.15) is 0 Å². The topological polar surface area (TPSA) is 60.8 Å². The van der Waals surface area contributed by atoms with E-state index in [4.69, 9.17) is 21.8 Å². The first-order valence-electron chi connectivity index (χ1n) is 4.60. The third kappa shape index (κ3) is 2.89. The summed E-state index contributed by atoms with van der Waals surface area (Å²) in [6.07, 6.45) is 1.30. The number of hydrogen-bond acceptors (Lipinski definition) is 2. The van der Waals surface area contributed by atoms with Crippen LogP contribution in [0.5, 0.6) is 0 Å². The van der Waals surface area contributed by atoms with E-state index in [0.29, 0.717) is 24.5 Å². The van der Waals surface area contributed by atoms with Gasteiger partial charge in [-0.05, 0) is 19.3 Å². The van der Waals surface area contributed by atoms with Crippen molar-refractivity contribution in [2.24, 2.45) is 0 Å². The van der Waals surface area contributed by atoms with E-state index in [0.717, 1.165) is 18.4 Å². The molecule has 0 saturated carbocycles. The molecule has 0 radical (unpaired) electrons. The summed E-state index contributed by atoms with van der Waals surface area (Å²) < 4.78 is 0. The van der Waals surface area contributed by atoms with Crippen molar-refractivity contribution >= 4 is 17.7 Å². The van der Waals surface area contributed by atoms with Crippen molar-refractivity contribution in [3.63, 3.8) is 0 Å². The molecule has 14 heavy (non-hydrogen) atoms. The second kappa shape index (κ2) is 5.22. The van der Waals surface area contributed by atoms with E-state index in [-0.39, 0.29) is 6.61 Å². The Morgan fingerprint density at radius 3 is 2.71 bits per heavy atom. The van der Waals surface area contributed by atoms with Crippen molar-refractivity contribution in [3.8, 4) is 0 Å². The van der Waals surface area contributed by atoms with E-state index in [1.54, 1.807) is 0 Å². The maximum Gasteiger partial charge on any atom is 0.407 e. The fourth-order valence-corrected chi connectivity index (χ4v) is 1.75. The number of halogens is 1. The van der Waals surface area contributed by atoms with Crippen LogP contribution in [-0.2, 0) is 0 Å². The maximum atomic E-state index is 10.7. The minimum atomic E-state index is -0.883. The average Bonchev–Trinajstić information content (AvgIpc) is 2.41. The summed E-state index contributed by atoms with van der Waals surface area (Å²) >= 11 is 5.81. The Hall–Kier alpha value is -0.740. The van der Waals surface area contributed by atoms with Gasteiger partial charge >= 0.3 is 6.09 Å². The van der Waals surface area contributed by atoms with Gasteiger partial charge in [-0.1, -0.05) is 17.2 Å². The van der Waals surface area contributed by atoms with Gasteiger partial charge in [-0.25, -0.2) is 4.79 Å². The molecule has 0 aromatic rings. The van der Waals surface area contributed by atoms with Gasteiger partial charge < -0.3 is 15.1 Å². The first-order valence-corrected chi connectivity index (χ1v) is 4.98. The Bertz CT molecular complexity index is 252. The minimum absolute atomic E-state index is 0.149. The molecule has 1 amide bonds. The molecule has 1 aliphatic rings. The summed E-state index contributed by atoms with van der Waals surface area (Å²) in [5, 5.41) is 18.1. The van der Waals surface area contributed by atoms with Gasteiger partial charge in [0.2, 0.25) is 0 Å². The van der Waals surface area contributed by atoms with Crippen molar-refractivity contribution in [2.75, 3.05) is 19.7 Å². The van der Waals surface area contributed by atoms with E-state index in [1.165, 1.54) is 4.90 Å². The lowest BCUT2D eigenvalue weighted by Crippen LogP contribution is -2.30. The highest BCUT2D eigenvalue weighted by Gasteiger charge is 2.17. The molecule has 1 fully saturated rings. The molecule has 0 unspecified atom stereocenters. The monoisotopic (exact) mass is 219 g/mol. The van der Waals surface area contributed by atoms with Crippen LogP contribution in [0.15, 0.2) is 10.6 Å². The van der Waals surface area contributed by atoms with E-state index in [2.05, 4.69) is 0 Å². The molecular weight excluding hydrogens is 206 g/mol. The van der Waals surface area contributed by atoms with Gasteiger partial charge in [0.15, 0.2) is 0 Å². The van der Waals surface area contributed by atoms with Gasteiger partial charge in [-0.15, -0.1) is 0 Å². The Balaban J connectivity index is 2.61. The first kappa shape index (κ1) is 11.3. The van der Waals surface area contributed by atoms with Gasteiger partial charge in [0.05, 0.1) is 6.61 Å². The Labute approximate surface area is 87.8 Å². The molecule has 0 spiro atoms. The van der Waals surface area contributed by atoms with Gasteiger partial charge in [0, 0.05) is 18.1 Å². The van der Waals surface area contributed by atoms with Crippen LogP contribution in [0.2, 0.25) is 0 Å². The largest absolute Gasteiger partial charge is 0.465 e. The number of rotatable bonds is 1. The number of carbonyl (C=O) groups is 1. The van der Waals surface area contributed by atoms with Crippen LogP contribution >= 0.6 is 11.6 Å². The average molecular weight is 220 g/mol. The SMILES string of the molecule is O=C(O)N1CCCC(=C(Cl)CO)CC1. The zero-order valence-corrected chi connectivity index (χ0v) is 8.63. The van der Waals surface area contributed by atoms with Gasteiger partial charge in [0.25, 0.3) is 0 Å². The van der Waals surface area contributed by atoms with Crippen molar-refractivity contribution < 1.29 is 15.0 Å². The van der Waals surface area contributed by atoms with Crippen LogP contribution < -0.4 is 0 Å². The molecule has 1 heterocycles. The normalized spacial score (nSPS) is 21.7. The van der Waals surface area contributed by atoms with Gasteiger partial charge in [0.1, 0.15) is 0 Å². The molecule has 5 heteroatoms. The molecule has 80 valence electrons. The Kier molecular flexibility index (Phi) is 4.22. The molecule has 0 aromatic heterocycles. The summed E-state index contributed by atoms with van der Waals surface area (Å²) in [5.74, 6) is 0. The van der Waals surface area contributed by atoms with E-state index >= 15 is 0 Å². The fourth-order valence-electron chi connectivity index (χ4n) is 1.56. The number of hydrogen-bond donors (Lipinski definition) is 2. The fraction of sp³-hybridized carbons (Fsp3) is 0.667. The smallest absolute Gasteiger partial charge is 0.407 e. The van der Waals surface area contributed by atoms with E-state index < -0.39 is 6.09 Å². The molecule has 0 aliphatic carbocycles. The lowest BCUT2D eigenvalue weighted by Gasteiger charge is -2.14. The summed E-state index contributed by atoms with van der Waals surface area (Å²) in [7, 11) is 0. The summed E-state index contributed by atoms with van der Waals surface area (Å²) in [6.45, 7) is 0.874. The highest BCUT2D eigenvalue weighted by atomic mass is 35.5. The zero-order valence-electron chi connectivity index (χ0n) is 7.87. The molecule has 2 N–H and O–H groups in total. The molecule has 1 saturated heterocycles. The summed E-state index contributed by atoms with van der Waals surface area (Å²) in [5.41, 5.74) is 0.984. The molecular formula is C9H14ClNO3. The molecule has 1 aliphatic heterocycles. The van der Waals surface area contributed by atoms with Crippen LogP contribution in [0.25, 0.3) is 0 Å². The van der Waals surface area contributed by atoms with Crippen molar-refractivity contribution in [1.29, 1.82) is 0 Å². The minimum Gasteiger partial charge on any atom is -0.465 e. The van der Waals surface area contributed by atoms with Gasteiger partial charge in [-0.3, -0.25) is 0 Å². The summed E-state index contributed by atoms with van der Waals surface area (Å²) in [4.78, 5) is 12.1. The van der Waals surface area contributed by atoms with Crippen molar-refractivity contribution in [2.45, 2.75) is 19.3 Å². The van der Waals surface area contributed by atoms with Crippen LogP contribution in [0.4, 0.5) is 4.79 Å². The molecule has 0 atom stereocenters. The quantitative estimate of drug-likeness (QED) is 0.705. The van der Waals surface area contributed by atoms with Crippen LogP contribution in [0.3, 0.4) is 0 Å². The Morgan fingerprint density at radius 1 is 1.43 bits per heavy atom. The van der Waals surface area contributed by atoms with Crippen LogP contribution in [0.1, 0.15) is 19.3 Å². The lowest BCUT2D eigenvalue weighted by molar-refractivity contribution is 0.147. The molecule has 1 rings (SSSR count). The second-order valence-electron chi connectivity index (χ2n) is 3.29. The van der Waals surface area contributed by atoms with Crippen LogP contribution in [0, 0.1) is 0 Å². The highest BCUT2D eigenvalue weighted by molar-refractivity contribution is 6.30. The predicted molar refractivity (Wildman–Crippen MR) is 53.4 cm³/mol. The summed E-state index contributed by atoms with van der Waals surface area (Å²) in [6, 6.07) is 0. The van der Waals surface area contributed by atoms with Crippen molar-refractivity contribution in [1.82, 2.24) is 4.90 Å². The van der Waals surface area contributed by atoms with Crippen molar-refractivity contribution in [3.05, 3.63) is 10.6 Å². The third-order valence-electron chi connectivity index (χ3n) is 2.38. The molecule has 0 bridgehead atoms. The number of likely N-dealkylation sites (tertiary alicyclic amines) is 1. The molecule has 0 aromatic carbocycles. The Morgan fingerprint density at radius 2 is 2.14 bits per heavy atom. The number of aliphatic hydroxyl groups is 1. The van der Waals surface area contributed by atoms with E-state index in [1.807, 2.05) is 0 Å². The predicted octanol–water partition coefficient (Wildman–Crippen LogP) is 1.64. The number of aliphatic hydroxyl groups excluding tert-OH is 1. The van der Waals surface area contributed by atoms with E-state index in [9.17, 15) is 4.79 Å². The standard InChI is InChI=1S/C9H14ClNO3/c10-8(6-12)7-2-1-4-11(5-3-7)9(13)14/h12H,1-6H2,(H,13,14). The number of carboxylic acid groups (broad SMARTS) is 1. The maximum absolute atomic E-state index is 10.7.